The summed E-state index contributed by atoms with van der Waals surface area (Å²) in [4.78, 5) is 66.2. The molecule has 5 rings (SSSR count). The fraction of sp³-hybridized carbons (Fsp3) is 0.433. The van der Waals surface area contributed by atoms with Gasteiger partial charge < -0.3 is 9.88 Å². The number of hydrogen-bond donors (Lipinski definition) is 3. The Morgan fingerprint density at radius 3 is 2.53 bits per heavy atom. The van der Waals surface area contributed by atoms with Gasteiger partial charge in [-0.2, -0.15) is 0 Å². The van der Waals surface area contributed by atoms with E-state index in [0.29, 0.717) is 22.5 Å². The number of nitrogens with two attached hydrogens (primary N) is 1. The van der Waals surface area contributed by atoms with Crippen molar-refractivity contribution in [1.29, 1.82) is 0 Å². The molecule has 1 fully saturated rings. The first-order valence-electron chi connectivity index (χ1n) is 14.3. The minimum absolute atomic E-state index is 0.0254. The van der Waals surface area contributed by atoms with Crippen molar-refractivity contribution < 1.29 is 19.2 Å². The van der Waals surface area contributed by atoms with Crippen molar-refractivity contribution in [1.82, 2.24) is 20.3 Å². The van der Waals surface area contributed by atoms with Crippen LogP contribution in [-0.2, 0) is 4.79 Å². The van der Waals surface area contributed by atoms with E-state index >= 15 is 0 Å². The van der Waals surface area contributed by atoms with Gasteiger partial charge in [-0.1, -0.05) is 39.5 Å². The molecule has 1 aromatic carbocycles. The van der Waals surface area contributed by atoms with E-state index in [9.17, 15) is 19.2 Å². The number of imide groups is 1. The summed E-state index contributed by atoms with van der Waals surface area (Å²) in [5, 5.41) is 1.96. The highest BCUT2D eigenvalue weighted by atomic mass is 32.2. The molecular weight excluding hydrogens is 587 g/mol. The van der Waals surface area contributed by atoms with E-state index in [0.717, 1.165) is 35.1 Å². The number of thioether (sulfide) groups is 1. The largest absolute Gasteiger partial charge is 0.363 e. The molecule has 43 heavy (non-hydrogen) atoms. The van der Waals surface area contributed by atoms with E-state index in [2.05, 4.69) is 34.1 Å². The fourth-order valence-corrected chi connectivity index (χ4v) is 7.37. The van der Waals surface area contributed by atoms with Crippen LogP contribution in [0.5, 0.6) is 0 Å². The zero-order chi connectivity index (χ0) is 30.8. The summed E-state index contributed by atoms with van der Waals surface area (Å²) in [6.07, 6.45) is 6.14. The first-order valence-corrected chi connectivity index (χ1v) is 16.1. The minimum atomic E-state index is -1.09. The molecule has 227 valence electrons. The number of amides is 4. The number of fused-ring (bicyclic) bond motifs is 1. The molecule has 4 N–H and O–H groups in total. The summed E-state index contributed by atoms with van der Waals surface area (Å²) < 4.78 is 0. The average molecular weight is 623 g/mol. The van der Waals surface area contributed by atoms with E-state index in [1.54, 1.807) is 29.8 Å². The molecule has 1 aliphatic heterocycles. The molecule has 0 spiro atoms. The maximum absolute atomic E-state index is 14.1. The van der Waals surface area contributed by atoms with Gasteiger partial charge in [-0.3, -0.25) is 29.6 Å². The van der Waals surface area contributed by atoms with Crippen LogP contribution in [0.1, 0.15) is 78.9 Å². The molecule has 2 aromatic heterocycles. The molecule has 1 aliphatic carbocycles. The Morgan fingerprint density at radius 1 is 1.16 bits per heavy atom. The van der Waals surface area contributed by atoms with E-state index in [-0.39, 0.29) is 23.6 Å². The number of aromatic amines is 1. The third-order valence-electron chi connectivity index (χ3n) is 7.26. The number of thiazole rings is 1. The van der Waals surface area contributed by atoms with Crippen LogP contribution in [0.15, 0.2) is 46.8 Å². The highest BCUT2D eigenvalue weighted by Gasteiger charge is 2.39. The van der Waals surface area contributed by atoms with Gasteiger partial charge in [0.15, 0.2) is 5.13 Å². The molecule has 1 saturated carbocycles. The topological polar surface area (TPSA) is 145 Å². The number of benzene rings is 1. The number of nitrogens with zero attached hydrogens (tertiary/aromatic N) is 4. The quantitative estimate of drug-likeness (QED) is 0.116. The first kappa shape index (κ1) is 30.8. The molecule has 0 bridgehead atoms. The monoisotopic (exact) mass is 622 g/mol. The van der Waals surface area contributed by atoms with Gasteiger partial charge in [-0.05, 0) is 61.4 Å². The number of hydrazine groups is 1. The molecule has 1 unspecified atom stereocenters. The van der Waals surface area contributed by atoms with E-state index < -0.39 is 29.3 Å². The summed E-state index contributed by atoms with van der Waals surface area (Å²) in [6.45, 7) is 8.94. The minimum Gasteiger partial charge on any atom is -0.363 e. The summed E-state index contributed by atoms with van der Waals surface area (Å²) in [5.41, 5.74) is 3.86. The number of carbonyl (C=O) groups excluding carboxylic acids is 4. The van der Waals surface area contributed by atoms with Crippen molar-refractivity contribution in [3.8, 4) is 0 Å². The van der Waals surface area contributed by atoms with Gasteiger partial charge in [-0.15, -0.1) is 11.3 Å². The lowest BCUT2D eigenvalue weighted by molar-refractivity contribution is 0.0569. The Bertz CT molecular complexity index is 1490. The van der Waals surface area contributed by atoms with Crippen molar-refractivity contribution in [2.45, 2.75) is 69.3 Å². The molecule has 3 heterocycles. The highest BCUT2D eigenvalue weighted by molar-refractivity contribution is 8.00. The lowest BCUT2D eigenvalue weighted by Crippen LogP contribution is -2.46. The number of anilines is 2. The molecule has 1 radical (unpaired) electrons. The first-order chi connectivity index (χ1) is 20.6. The maximum Gasteiger partial charge on any atom is 0.337 e. The Balaban J connectivity index is 1.48. The second kappa shape index (κ2) is 12.9. The summed E-state index contributed by atoms with van der Waals surface area (Å²) in [6, 6.07) is 7.35. The van der Waals surface area contributed by atoms with Crippen molar-refractivity contribution in [2.75, 3.05) is 16.3 Å². The summed E-state index contributed by atoms with van der Waals surface area (Å²) in [5.74, 6) is 4.66. The molecule has 13 heteroatoms. The number of nitrogens with one attached hydrogen (secondary N) is 2. The zero-order valence-electron chi connectivity index (χ0n) is 24.6. The number of urea groups is 1. The van der Waals surface area contributed by atoms with Gasteiger partial charge in [0.2, 0.25) is 6.29 Å². The number of carbonyl (C=O) groups is 3. The van der Waals surface area contributed by atoms with Gasteiger partial charge in [0, 0.05) is 40.3 Å². The van der Waals surface area contributed by atoms with Crippen LogP contribution in [-0.4, -0.2) is 57.6 Å². The number of aromatic nitrogens is 2. The Morgan fingerprint density at radius 2 is 1.93 bits per heavy atom. The fourth-order valence-electron chi connectivity index (χ4n) is 5.17. The molecular formula is C30H36N7O4S2. The van der Waals surface area contributed by atoms with Crippen molar-refractivity contribution in [3.63, 3.8) is 0 Å². The third kappa shape index (κ3) is 6.48. The summed E-state index contributed by atoms with van der Waals surface area (Å²) in [7, 11) is 0. The Kier molecular flexibility index (Phi) is 9.23. The second-order valence-electron chi connectivity index (χ2n) is 11.6. The molecule has 3 aromatic rings. The van der Waals surface area contributed by atoms with Crippen LogP contribution in [0.25, 0.3) is 0 Å². The molecule has 4 amide bonds. The number of hydrogen-bond acceptors (Lipinski definition) is 9. The van der Waals surface area contributed by atoms with E-state index in [4.69, 9.17) is 5.84 Å². The van der Waals surface area contributed by atoms with Gasteiger partial charge in [-0.25, -0.2) is 15.6 Å². The van der Waals surface area contributed by atoms with Crippen molar-refractivity contribution in [3.05, 3.63) is 58.9 Å². The molecule has 0 saturated heterocycles. The molecule has 2 atom stereocenters. The lowest BCUT2D eigenvalue weighted by atomic mass is 10.0. The van der Waals surface area contributed by atoms with Crippen LogP contribution in [0, 0.1) is 11.8 Å². The van der Waals surface area contributed by atoms with Crippen molar-refractivity contribution in [2.24, 2.45) is 17.7 Å². The van der Waals surface area contributed by atoms with Crippen LogP contribution < -0.4 is 21.1 Å². The maximum atomic E-state index is 14.1. The third-order valence-corrected chi connectivity index (χ3v) is 9.40. The normalized spacial score (nSPS) is 16.7. The Labute approximate surface area is 259 Å². The van der Waals surface area contributed by atoms with Crippen molar-refractivity contribution >= 4 is 58.0 Å². The lowest BCUT2D eigenvalue weighted by Gasteiger charge is -2.27. The SMILES string of the molecule is CC(C)C[C@@H]([C]=O)N(C(=O)c1ccc2c(c1)SC(c1ccc[nH]1)N2C(=O)NN)C(=O)c1csc(N(CC(C)C)C2CC2)n1. The smallest absolute Gasteiger partial charge is 0.337 e. The van der Waals surface area contributed by atoms with E-state index in [1.807, 2.05) is 32.3 Å². The molecule has 11 nitrogen and oxygen atoms in total. The van der Waals surface area contributed by atoms with Crippen LogP contribution in [0.2, 0.25) is 0 Å². The van der Waals surface area contributed by atoms with Crippen LogP contribution >= 0.6 is 23.1 Å². The number of H-pyrrole nitrogens is 1. The molecule has 2 aliphatic rings. The Hall–Kier alpha value is -3.68. The summed E-state index contributed by atoms with van der Waals surface area (Å²) >= 11 is 2.74. The van der Waals surface area contributed by atoms with Gasteiger partial charge in [0.25, 0.3) is 11.8 Å². The second-order valence-corrected chi connectivity index (χ2v) is 13.6. The standard InChI is InChI=1S/C30H36N7O4S2/c1-17(2)12-21(15-38)36(27(40)23-16-42-30(33-23)35(14-18(3)4)20-8-9-20)26(39)19-7-10-24-25(13-19)43-28(22-6-5-11-32-22)37(24)29(41)34-31/h5-7,10-11,13,16-18,20-21,28,32H,8-9,12,14,31H2,1-4H3,(H,34,41)/t21-,28?/m0/s1. The highest BCUT2D eigenvalue weighted by Crippen LogP contribution is 2.51. The zero-order valence-corrected chi connectivity index (χ0v) is 26.2. The van der Waals surface area contributed by atoms with Gasteiger partial charge >= 0.3 is 6.03 Å². The number of rotatable bonds is 11. The van der Waals surface area contributed by atoms with E-state index in [1.165, 1.54) is 28.0 Å². The van der Waals surface area contributed by atoms with Crippen LogP contribution in [0.3, 0.4) is 0 Å². The average Bonchev–Trinajstić information content (AvgIpc) is 3.35. The predicted molar refractivity (Wildman–Crippen MR) is 168 cm³/mol. The van der Waals surface area contributed by atoms with Gasteiger partial charge in [0.05, 0.1) is 5.69 Å². The predicted octanol–water partition coefficient (Wildman–Crippen LogP) is 5.10. The van der Waals surface area contributed by atoms with Crippen LogP contribution in [0.4, 0.5) is 15.6 Å². The van der Waals surface area contributed by atoms with Gasteiger partial charge in [0.1, 0.15) is 17.1 Å².